The van der Waals surface area contributed by atoms with Crippen molar-refractivity contribution in [1.29, 1.82) is 0 Å². The highest BCUT2D eigenvalue weighted by Crippen LogP contribution is 2.21. The van der Waals surface area contributed by atoms with Gasteiger partial charge < -0.3 is 20.9 Å². The van der Waals surface area contributed by atoms with E-state index in [-0.39, 0.29) is 12.3 Å². The van der Waals surface area contributed by atoms with Gasteiger partial charge in [-0.2, -0.15) is 0 Å². The normalized spacial score (nSPS) is 11.9. The zero-order valence-corrected chi connectivity index (χ0v) is 16.4. The van der Waals surface area contributed by atoms with E-state index in [1.54, 1.807) is 0 Å². The summed E-state index contributed by atoms with van der Waals surface area (Å²) in [5.74, 6) is 0.548. The molecular formula is C19H20BrN5O2. The van der Waals surface area contributed by atoms with Crippen molar-refractivity contribution in [3.63, 3.8) is 0 Å². The van der Waals surface area contributed by atoms with Crippen LogP contribution in [0.3, 0.4) is 0 Å². The monoisotopic (exact) mass is 429 g/mol. The van der Waals surface area contributed by atoms with Gasteiger partial charge in [0.2, 0.25) is 5.91 Å². The van der Waals surface area contributed by atoms with Gasteiger partial charge in [-0.1, -0.05) is 40.2 Å². The van der Waals surface area contributed by atoms with Gasteiger partial charge in [0.25, 0.3) is 0 Å². The Morgan fingerprint density at radius 1 is 1.22 bits per heavy atom. The van der Waals surface area contributed by atoms with Gasteiger partial charge in [-0.3, -0.25) is 4.79 Å². The fraction of sp³-hybridized carbons (Fsp3) is 0.211. The van der Waals surface area contributed by atoms with Gasteiger partial charge in [0.05, 0.1) is 30.0 Å². The molecule has 8 heteroatoms. The fourth-order valence-corrected chi connectivity index (χ4v) is 3.35. The molecule has 3 aromatic rings. The number of halogens is 1. The van der Waals surface area contributed by atoms with E-state index >= 15 is 0 Å². The zero-order chi connectivity index (χ0) is 19.4. The fourth-order valence-electron chi connectivity index (χ4n) is 2.94. The quantitative estimate of drug-likeness (QED) is 0.561. The number of hydrogen-bond acceptors (Lipinski definition) is 3. The van der Waals surface area contributed by atoms with Crippen molar-refractivity contribution in [2.45, 2.75) is 19.0 Å². The van der Waals surface area contributed by atoms with Crippen LogP contribution in [0.15, 0.2) is 53.0 Å². The van der Waals surface area contributed by atoms with Crippen molar-refractivity contribution in [3.8, 4) is 0 Å². The van der Waals surface area contributed by atoms with Gasteiger partial charge in [-0.25, -0.2) is 9.78 Å². The number of benzene rings is 2. The summed E-state index contributed by atoms with van der Waals surface area (Å²) in [6.07, 6.45) is 0.0728. The van der Waals surface area contributed by atoms with E-state index in [1.807, 2.05) is 60.1 Å². The number of para-hydroxylation sites is 2. The molecule has 0 radical (unpaired) electrons. The molecule has 0 spiro atoms. The van der Waals surface area contributed by atoms with Gasteiger partial charge in [0.1, 0.15) is 5.82 Å². The number of aryl methyl sites for hydroxylation is 1. The molecule has 1 atom stereocenters. The maximum absolute atomic E-state index is 12.4. The van der Waals surface area contributed by atoms with Crippen molar-refractivity contribution in [3.05, 3.63) is 64.4 Å². The lowest BCUT2D eigenvalue weighted by molar-refractivity contribution is -0.121. The minimum atomic E-state index is -0.678. The van der Waals surface area contributed by atoms with Crippen LogP contribution in [0.25, 0.3) is 11.0 Å². The third-order valence-electron chi connectivity index (χ3n) is 4.28. The molecule has 3 rings (SSSR count). The molecule has 1 aromatic heterocycles. The highest BCUT2D eigenvalue weighted by Gasteiger charge is 2.18. The third-order valence-corrected chi connectivity index (χ3v) is 4.77. The van der Waals surface area contributed by atoms with Gasteiger partial charge in [-0.05, 0) is 29.8 Å². The average molecular weight is 430 g/mol. The molecule has 0 aliphatic carbocycles. The summed E-state index contributed by atoms with van der Waals surface area (Å²) in [7, 11) is 1.91. The third kappa shape index (κ3) is 4.65. The highest BCUT2D eigenvalue weighted by atomic mass is 79.9. The van der Waals surface area contributed by atoms with E-state index in [2.05, 4.69) is 31.5 Å². The minimum Gasteiger partial charge on any atom is -0.352 e. The number of rotatable bonds is 6. The number of carbonyl (C=O) groups is 2. The van der Waals surface area contributed by atoms with Crippen molar-refractivity contribution >= 4 is 38.9 Å². The number of hydrogen-bond donors (Lipinski definition) is 3. The Hall–Kier alpha value is -2.87. The molecule has 7 nitrogen and oxygen atoms in total. The van der Waals surface area contributed by atoms with Crippen LogP contribution < -0.4 is 16.4 Å². The average Bonchev–Trinajstić information content (AvgIpc) is 2.95. The largest absolute Gasteiger partial charge is 0.352 e. The summed E-state index contributed by atoms with van der Waals surface area (Å²) in [5, 5.41) is 5.48. The number of amides is 3. The number of primary amides is 1. The molecule has 27 heavy (non-hydrogen) atoms. The lowest BCUT2D eigenvalue weighted by Crippen LogP contribution is -2.36. The molecule has 0 bridgehead atoms. The Kier molecular flexibility index (Phi) is 5.75. The van der Waals surface area contributed by atoms with Crippen LogP contribution in [0.5, 0.6) is 0 Å². The van der Waals surface area contributed by atoms with Gasteiger partial charge in [0.15, 0.2) is 0 Å². The lowest BCUT2D eigenvalue weighted by Gasteiger charge is -2.18. The Morgan fingerprint density at radius 3 is 2.70 bits per heavy atom. The standard InChI is InChI=1S/C19H20BrN5O2/c1-25-16-8-3-2-7-14(16)23-17(25)11-22-18(26)10-15(24-19(21)27)12-5-4-6-13(20)9-12/h2-9,15H,10-11H2,1H3,(H,22,26)(H3,21,24,27)/t15-/m1/s1. The van der Waals surface area contributed by atoms with Gasteiger partial charge >= 0.3 is 6.03 Å². The molecule has 2 aromatic carbocycles. The van der Waals surface area contributed by atoms with Crippen LogP contribution in [0.2, 0.25) is 0 Å². The molecule has 0 saturated heterocycles. The second-order valence-corrected chi connectivity index (χ2v) is 7.09. The summed E-state index contributed by atoms with van der Waals surface area (Å²) in [4.78, 5) is 28.3. The number of nitrogens with two attached hydrogens (primary N) is 1. The van der Waals surface area contributed by atoms with E-state index in [0.29, 0.717) is 6.54 Å². The summed E-state index contributed by atoms with van der Waals surface area (Å²) < 4.78 is 2.81. The number of fused-ring (bicyclic) bond motifs is 1. The van der Waals surface area contributed by atoms with E-state index < -0.39 is 12.1 Å². The summed E-state index contributed by atoms with van der Waals surface area (Å²) in [6, 6.07) is 14.0. The molecule has 0 fully saturated rings. The van der Waals surface area contributed by atoms with Crippen LogP contribution in [0.1, 0.15) is 23.9 Å². The Balaban J connectivity index is 1.68. The number of carbonyl (C=O) groups excluding carboxylic acids is 2. The van der Waals surface area contributed by atoms with Crippen molar-refractivity contribution in [1.82, 2.24) is 20.2 Å². The van der Waals surface area contributed by atoms with Crippen LogP contribution in [0.4, 0.5) is 4.79 Å². The zero-order valence-electron chi connectivity index (χ0n) is 14.8. The highest BCUT2D eigenvalue weighted by molar-refractivity contribution is 9.10. The number of aromatic nitrogens is 2. The smallest absolute Gasteiger partial charge is 0.312 e. The molecule has 140 valence electrons. The lowest BCUT2D eigenvalue weighted by atomic mass is 10.0. The molecule has 0 aliphatic rings. The molecule has 1 heterocycles. The topological polar surface area (TPSA) is 102 Å². The van der Waals surface area contributed by atoms with Crippen molar-refractivity contribution in [2.24, 2.45) is 12.8 Å². The number of nitrogens with one attached hydrogen (secondary N) is 2. The van der Waals surface area contributed by atoms with Gasteiger partial charge in [-0.15, -0.1) is 0 Å². The Bertz CT molecular complexity index is 985. The van der Waals surface area contributed by atoms with Crippen LogP contribution in [0, 0.1) is 0 Å². The Labute approximate surface area is 165 Å². The molecule has 4 N–H and O–H groups in total. The van der Waals surface area contributed by atoms with E-state index in [1.165, 1.54) is 0 Å². The summed E-state index contributed by atoms with van der Waals surface area (Å²) in [6.45, 7) is 0.297. The first kappa shape index (κ1) is 18.9. The van der Waals surface area contributed by atoms with Crippen molar-refractivity contribution < 1.29 is 9.59 Å². The van der Waals surface area contributed by atoms with Crippen molar-refractivity contribution in [2.75, 3.05) is 0 Å². The van der Waals surface area contributed by atoms with Gasteiger partial charge in [0, 0.05) is 11.5 Å². The second kappa shape index (κ2) is 8.22. The first-order valence-corrected chi connectivity index (χ1v) is 9.22. The number of urea groups is 1. The van der Waals surface area contributed by atoms with E-state index in [4.69, 9.17) is 5.73 Å². The van der Waals surface area contributed by atoms with E-state index in [9.17, 15) is 9.59 Å². The molecule has 3 amide bonds. The maximum Gasteiger partial charge on any atom is 0.312 e. The first-order valence-electron chi connectivity index (χ1n) is 8.42. The number of nitrogens with zero attached hydrogens (tertiary/aromatic N) is 2. The summed E-state index contributed by atoms with van der Waals surface area (Å²) >= 11 is 3.39. The SMILES string of the molecule is Cn1c(CNC(=O)C[C@@H](NC(N)=O)c2cccc(Br)c2)nc2ccccc21. The summed E-state index contributed by atoms with van der Waals surface area (Å²) in [5.41, 5.74) is 7.94. The van der Waals surface area contributed by atoms with E-state index in [0.717, 1.165) is 26.9 Å². The first-order chi connectivity index (χ1) is 12.9. The van der Waals surface area contributed by atoms with Crippen LogP contribution >= 0.6 is 15.9 Å². The Morgan fingerprint density at radius 2 is 2.00 bits per heavy atom. The molecular weight excluding hydrogens is 410 g/mol. The predicted octanol–water partition coefficient (Wildman–Crippen LogP) is 2.75. The van der Waals surface area contributed by atoms with Crippen LogP contribution in [-0.4, -0.2) is 21.5 Å². The second-order valence-electron chi connectivity index (χ2n) is 6.17. The molecule has 0 aliphatic heterocycles. The van der Waals surface area contributed by atoms with Crippen LogP contribution in [-0.2, 0) is 18.4 Å². The number of imidazole rings is 1. The predicted molar refractivity (Wildman–Crippen MR) is 107 cm³/mol. The molecule has 0 saturated carbocycles. The molecule has 0 unspecified atom stereocenters. The minimum absolute atomic E-state index is 0.0728. The maximum atomic E-state index is 12.4.